The Balaban J connectivity index is 1.82. The summed E-state index contributed by atoms with van der Waals surface area (Å²) >= 11 is 0. The topological polar surface area (TPSA) is 85.4 Å². The van der Waals surface area contributed by atoms with Crippen molar-refractivity contribution in [1.29, 1.82) is 0 Å². The summed E-state index contributed by atoms with van der Waals surface area (Å²) in [6.07, 6.45) is 1.66. The zero-order valence-electron chi connectivity index (χ0n) is 14.6. The number of benzene rings is 2. The highest BCUT2D eigenvalue weighted by atomic mass is 32.2. The molecule has 1 N–H and O–H groups in total. The summed E-state index contributed by atoms with van der Waals surface area (Å²) in [6, 6.07) is 18.4. The molecule has 0 aliphatic carbocycles. The molecular formula is C20H18N2O4S. The van der Waals surface area contributed by atoms with E-state index in [2.05, 4.69) is 9.71 Å². The number of pyridine rings is 1. The van der Waals surface area contributed by atoms with Crippen LogP contribution in [0.5, 0.6) is 5.75 Å². The molecule has 0 spiro atoms. The van der Waals surface area contributed by atoms with E-state index in [1.54, 1.807) is 48.7 Å². The molecule has 0 unspecified atom stereocenters. The van der Waals surface area contributed by atoms with Crippen LogP contribution in [0.4, 0.5) is 0 Å². The first-order valence-corrected chi connectivity index (χ1v) is 9.66. The van der Waals surface area contributed by atoms with Crippen LogP contribution in [0, 0.1) is 0 Å². The van der Waals surface area contributed by atoms with Gasteiger partial charge in [0.25, 0.3) is 0 Å². The lowest BCUT2D eigenvalue weighted by Crippen LogP contribution is -2.29. The van der Waals surface area contributed by atoms with Gasteiger partial charge in [-0.3, -0.25) is 9.78 Å². The third-order valence-electron chi connectivity index (χ3n) is 3.90. The van der Waals surface area contributed by atoms with Crippen LogP contribution in [0.2, 0.25) is 0 Å². The molecule has 2 aromatic carbocycles. The molecule has 0 fully saturated rings. The van der Waals surface area contributed by atoms with Gasteiger partial charge in [-0.25, -0.2) is 13.1 Å². The SMILES string of the molecule is COc1cc(C(=O)CNS(=O)(=O)c2ccccc2)cc(-c2ccccn2)c1. The molecule has 1 heterocycles. The van der Waals surface area contributed by atoms with E-state index < -0.39 is 10.0 Å². The predicted molar refractivity (Wildman–Crippen MR) is 102 cm³/mol. The number of carbonyl (C=O) groups is 1. The molecule has 138 valence electrons. The van der Waals surface area contributed by atoms with Crippen molar-refractivity contribution in [2.24, 2.45) is 0 Å². The summed E-state index contributed by atoms with van der Waals surface area (Å²) in [6.45, 7) is -0.355. The Labute approximate surface area is 157 Å². The van der Waals surface area contributed by atoms with Crippen molar-refractivity contribution < 1.29 is 17.9 Å². The van der Waals surface area contributed by atoms with Crippen LogP contribution in [-0.2, 0) is 10.0 Å². The molecule has 0 atom stereocenters. The first kappa shape index (κ1) is 18.8. The highest BCUT2D eigenvalue weighted by Crippen LogP contribution is 2.25. The maximum absolute atomic E-state index is 12.6. The molecule has 0 bridgehead atoms. The van der Waals surface area contributed by atoms with Gasteiger partial charge in [0.15, 0.2) is 5.78 Å². The van der Waals surface area contributed by atoms with Gasteiger partial charge in [-0.15, -0.1) is 0 Å². The van der Waals surface area contributed by atoms with Crippen LogP contribution in [0.25, 0.3) is 11.3 Å². The summed E-state index contributed by atoms with van der Waals surface area (Å²) in [5, 5.41) is 0. The third-order valence-corrected chi connectivity index (χ3v) is 5.32. The van der Waals surface area contributed by atoms with Gasteiger partial charge in [-0.2, -0.15) is 0 Å². The van der Waals surface area contributed by atoms with E-state index in [4.69, 9.17) is 4.74 Å². The molecule has 6 nitrogen and oxygen atoms in total. The van der Waals surface area contributed by atoms with Crippen molar-refractivity contribution in [3.05, 3.63) is 78.5 Å². The highest BCUT2D eigenvalue weighted by molar-refractivity contribution is 7.89. The first-order valence-electron chi connectivity index (χ1n) is 8.18. The molecule has 3 aromatic rings. The second-order valence-corrected chi connectivity index (χ2v) is 7.49. The second kappa shape index (κ2) is 8.11. The lowest BCUT2D eigenvalue weighted by Gasteiger charge is -2.10. The van der Waals surface area contributed by atoms with Crippen LogP contribution in [0.3, 0.4) is 0 Å². The largest absolute Gasteiger partial charge is 0.497 e. The average Bonchev–Trinajstić information content (AvgIpc) is 2.73. The number of carbonyl (C=O) groups excluding carboxylic acids is 1. The molecule has 0 saturated heterocycles. The molecule has 3 rings (SSSR count). The molecule has 27 heavy (non-hydrogen) atoms. The maximum atomic E-state index is 12.6. The van der Waals surface area contributed by atoms with E-state index >= 15 is 0 Å². The van der Waals surface area contributed by atoms with Crippen LogP contribution in [-0.4, -0.2) is 32.8 Å². The summed E-state index contributed by atoms with van der Waals surface area (Å²) in [5.41, 5.74) is 1.74. The van der Waals surface area contributed by atoms with Crippen molar-refractivity contribution in [2.75, 3.05) is 13.7 Å². The zero-order chi connectivity index (χ0) is 19.3. The van der Waals surface area contributed by atoms with Gasteiger partial charge in [0.2, 0.25) is 10.0 Å². The zero-order valence-corrected chi connectivity index (χ0v) is 15.4. The van der Waals surface area contributed by atoms with Crippen LogP contribution < -0.4 is 9.46 Å². The molecular weight excluding hydrogens is 364 g/mol. The lowest BCUT2D eigenvalue weighted by molar-refractivity contribution is 0.0996. The number of nitrogens with one attached hydrogen (secondary N) is 1. The van der Waals surface area contributed by atoms with Crippen molar-refractivity contribution in [2.45, 2.75) is 4.90 Å². The maximum Gasteiger partial charge on any atom is 0.240 e. The third kappa shape index (κ3) is 4.58. The number of nitrogens with zero attached hydrogens (tertiary/aromatic N) is 1. The Morgan fingerprint density at radius 2 is 1.78 bits per heavy atom. The number of aromatic nitrogens is 1. The monoisotopic (exact) mass is 382 g/mol. The van der Waals surface area contributed by atoms with Crippen molar-refractivity contribution in [3.8, 4) is 17.0 Å². The van der Waals surface area contributed by atoms with Crippen LogP contribution in [0.15, 0.2) is 77.8 Å². The molecule has 7 heteroatoms. The van der Waals surface area contributed by atoms with Crippen LogP contribution in [0.1, 0.15) is 10.4 Å². The summed E-state index contributed by atoms with van der Waals surface area (Å²) < 4.78 is 32.2. The summed E-state index contributed by atoms with van der Waals surface area (Å²) in [4.78, 5) is 17.0. The Morgan fingerprint density at radius 3 is 2.44 bits per heavy atom. The molecule has 1 aromatic heterocycles. The minimum atomic E-state index is -3.76. The summed E-state index contributed by atoms with van der Waals surface area (Å²) in [7, 11) is -2.25. The van der Waals surface area contributed by atoms with Crippen molar-refractivity contribution >= 4 is 15.8 Å². The van der Waals surface area contributed by atoms with Gasteiger partial charge in [0, 0.05) is 17.3 Å². The highest BCUT2D eigenvalue weighted by Gasteiger charge is 2.17. The molecule has 0 aliphatic heterocycles. The van der Waals surface area contributed by atoms with Gasteiger partial charge < -0.3 is 4.74 Å². The normalized spacial score (nSPS) is 11.1. The average molecular weight is 382 g/mol. The fourth-order valence-corrected chi connectivity index (χ4v) is 3.51. The Kier molecular flexibility index (Phi) is 5.63. The minimum absolute atomic E-state index is 0.109. The number of methoxy groups -OCH3 is 1. The van der Waals surface area contributed by atoms with E-state index in [1.807, 2.05) is 12.1 Å². The number of Topliss-reactive ketones (excluding diaryl/α,β-unsaturated/α-hetero) is 1. The summed E-state index contributed by atoms with van der Waals surface area (Å²) in [5.74, 6) is 0.123. The van der Waals surface area contributed by atoms with Gasteiger partial charge in [0.1, 0.15) is 5.75 Å². The molecule has 0 radical (unpaired) electrons. The smallest absolute Gasteiger partial charge is 0.240 e. The minimum Gasteiger partial charge on any atom is -0.497 e. The number of hydrogen-bond donors (Lipinski definition) is 1. The van der Waals surface area contributed by atoms with Gasteiger partial charge in [0.05, 0.1) is 24.2 Å². The first-order chi connectivity index (χ1) is 13.0. The van der Waals surface area contributed by atoms with E-state index in [0.29, 0.717) is 22.6 Å². The quantitative estimate of drug-likeness (QED) is 0.635. The predicted octanol–water partition coefficient (Wildman–Crippen LogP) is 2.92. The fraction of sp³-hybridized carbons (Fsp3) is 0.100. The number of rotatable bonds is 7. The lowest BCUT2D eigenvalue weighted by atomic mass is 10.0. The second-order valence-electron chi connectivity index (χ2n) is 5.73. The van der Waals surface area contributed by atoms with Crippen molar-refractivity contribution in [1.82, 2.24) is 9.71 Å². The van der Waals surface area contributed by atoms with Gasteiger partial charge in [-0.1, -0.05) is 24.3 Å². The van der Waals surface area contributed by atoms with Gasteiger partial charge >= 0.3 is 0 Å². The van der Waals surface area contributed by atoms with E-state index in [9.17, 15) is 13.2 Å². The fourth-order valence-electron chi connectivity index (χ4n) is 2.50. The van der Waals surface area contributed by atoms with Gasteiger partial charge in [-0.05, 0) is 42.5 Å². The Hall–Kier alpha value is -3.03. The number of ketones is 1. The van der Waals surface area contributed by atoms with E-state index in [-0.39, 0.29) is 17.2 Å². The molecule has 0 aliphatic rings. The Morgan fingerprint density at radius 1 is 1.04 bits per heavy atom. The Bertz CT molecular complexity index is 1040. The number of ether oxygens (including phenoxy) is 1. The van der Waals surface area contributed by atoms with E-state index in [1.165, 1.54) is 19.2 Å². The molecule has 0 saturated carbocycles. The number of hydrogen-bond acceptors (Lipinski definition) is 5. The molecule has 0 amide bonds. The number of sulfonamides is 1. The standard InChI is InChI=1S/C20H18N2O4S/c1-26-17-12-15(19-9-5-6-10-21-19)11-16(13-17)20(23)14-22-27(24,25)18-7-3-2-4-8-18/h2-13,22H,14H2,1H3. The van der Waals surface area contributed by atoms with E-state index in [0.717, 1.165) is 0 Å². The van der Waals surface area contributed by atoms with Crippen molar-refractivity contribution in [3.63, 3.8) is 0 Å². The van der Waals surface area contributed by atoms with Crippen LogP contribution >= 0.6 is 0 Å².